The van der Waals surface area contributed by atoms with Crippen molar-refractivity contribution in [3.05, 3.63) is 52.8 Å². The monoisotopic (exact) mass is 197 g/mol. The summed E-state index contributed by atoms with van der Waals surface area (Å²) in [6.45, 7) is 4.83. The van der Waals surface area contributed by atoms with E-state index in [1.54, 1.807) is 12.1 Å². The molecule has 0 aromatic heterocycles. The summed E-state index contributed by atoms with van der Waals surface area (Å²) in [5, 5.41) is 17.4. The van der Waals surface area contributed by atoms with Gasteiger partial charge in [0.1, 0.15) is 6.26 Å². The predicted octanol–water partition coefficient (Wildman–Crippen LogP) is 2.52. The van der Waals surface area contributed by atoms with E-state index in [1.165, 1.54) is 6.07 Å². The van der Waals surface area contributed by atoms with Crippen molar-refractivity contribution in [2.45, 2.75) is 6.92 Å². The van der Waals surface area contributed by atoms with E-state index in [2.05, 4.69) is 11.5 Å². The van der Waals surface area contributed by atoms with E-state index in [9.17, 15) is 10.1 Å². The van der Waals surface area contributed by atoms with Crippen LogP contribution in [0.5, 0.6) is 0 Å². The minimum Gasteiger partial charge on any atom is -0.349 e. The largest absolute Gasteiger partial charge is 0.349 e. The number of nitrogens with zero attached hydrogens (tertiary/aromatic N) is 1. The highest BCUT2D eigenvalue weighted by Gasteiger charge is 2.01. The fraction of sp³-hybridized carbons (Fsp3) is 0.111. The summed E-state index contributed by atoms with van der Waals surface area (Å²) in [5.74, 6) is 0. The highest BCUT2D eigenvalue weighted by atomic mass is 17.1. The number of nitro groups is 1. The van der Waals surface area contributed by atoms with Gasteiger partial charge < -0.3 is 4.89 Å². The topological polar surface area (TPSA) is 72.6 Å². The lowest BCUT2D eigenvalue weighted by Gasteiger charge is -1.90. The van der Waals surface area contributed by atoms with Crippen molar-refractivity contribution in [2.24, 2.45) is 0 Å². The molecule has 0 radical (unpaired) electrons. The predicted molar refractivity (Wildman–Crippen MR) is 51.7 cm³/mol. The molecule has 0 amide bonds. The van der Waals surface area contributed by atoms with Gasteiger partial charge in [0.25, 0.3) is 5.69 Å². The van der Waals surface area contributed by atoms with Crippen LogP contribution in [0.2, 0.25) is 0 Å². The average molecular weight is 197 g/mol. The third-order valence-electron chi connectivity index (χ3n) is 1.29. The quantitative estimate of drug-likeness (QED) is 0.342. The summed E-state index contributed by atoms with van der Waals surface area (Å²) in [6.07, 6.45) is 0.931. The van der Waals surface area contributed by atoms with Gasteiger partial charge in [0, 0.05) is 12.1 Å². The van der Waals surface area contributed by atoms with Crippen LogP contribution in [0, 0.1) is 17.0 Å². The maximum absolute atomic E-state index is 10.2. The summed E-state index contributed by atoms with van der Waals surface area (Å²) in [7, 11) is 0. The lowest BCUT2D eigenvalue weighted by atomic mass is 10.2. The van der Waals surface area contributed by atoms with Gasteiger partial charge in [-0.2, -0.15) is 0 Å². The summed E-state index contributed by atoms with van der Waals surface area (Å²) in [4.78, 5) is 13.1. The van der Waals surface area contributed by atoms with Crippen LogP contribution in [0.15, 0.2) is 37.1 Å². The van der Waals surface area contributed by atoms with Gasteiger partial charge in [-0.1, -0.05) is 18.7 Å². The molecule has 0 aliphatic heterocycles. The van der Waals surface area contributed by atoms with Gasteiger partial charge in [-0.15, -0.1) is 0 Å². The third-order valence-corrected chi connectivity index (χ3v) is 1.29. The van der Waals surface area contributed by atoms with E-state index >= 15 is 0 Å². The number of nitro benzene ring substituents is 1. The molecule has 0 atom stereocenters. The summed E-state index contributed by atoms with van der Waals surface area (Å²) in [5.41, 5.74) is 1.06. The molecule has 14 heavy (non-hydrogen) atoms. The first-order valence-corrected chi connectivity index (χ1v) is 3.74. The Morgan fingerprint density at radius 2 is 2.21 bits per heavy atom. The highest BCUT2D eigenvalue weighted by Crippen LogP contribution is 2.11. The summed E-state index contributed by atoms with van der Waals surface area (Å²) in [6, 6.07) is 6.52. The molecular weight excluding hydrogens is 186 g/mol. The van der Waals surface area contributed by atoms with Gasteiger partial charge in [-0.3, -0.25) is 10.1 Å². The van der Waals surface area contributed by atoms with E-state index < -0.39 is 4.92 Å². The molecule has 5 heteroatoms. The molecule has 1 aromatic carbocycles. The SMILES string of the molecule is C=COO.Cc1cccc([N+](=O)[O-])c1. The molecule has 0 spiro atoms. The molecular formula is C9H11NO4. The number of hydrogen-bond acceptors (Lipinski definition) is 4. The van der Waals surface area contributed by atoms with Gasteiger partial charge in [0.15, 0.2) is 0 Å². The number of rotatable bonds is 2. The number of aryl methyl sites for hydroxylation is 1. The zero-order valence-corrected chi connectivity index (χ0v) is 7.71. The van der Waals surface area contributed by atoms with E-state index in [0.29, 0.717) is 0 Å². The Balaban J connectivity index is 0.000000364. The molecule has 1 N–H and O–H groups in total. The van der Waals surface area contributed by atoms with Gasteiger partial charge in [0.2, 0.25) is 0 Å². The molecule has 0 saturated carbocycles. The van der Waals surface area contributed by atoms with Crippen LogP contribution in [0.4, 0.5) is 5.69 Å². The fourth-order valence-electron chi connectivity index (χ4n) is 0.742. The number of hydrogen-bond donors (Lipinski definition) is 1. The maximum Gasteiger partial charge on any atom is 0.269 e. The fourth-order valence-corrected chi connectivity index (χ4v) is 0.742. The van der Waals surface area contributed by atoms with E-state index in [1.807, 2.05) is 13.0 Å². The Morgan fingerprint density at radius 3 is 2.50 bits per heavy atom. The van der Waals surface area contributed by atoms with Crippen molar-refractivity contribution >= 4 is 5.69 Å². The molecule has 0 fully saturated rings. The Kier molecular flexibility index (Phi) is 5.73. The molecule has 76 valence electrons. The number of benzene rings is 1. The Labute approximate surface area is 81.3 Å². The van der Waals surface area contributed by atoms with E-state index in [-0.39, 0.29) is 5.69 Å². The maximum atomic E-state index is 10.2. The van der Waals surface area contributed by atoms with Crippen LogP contribution in [0.1, 0.15) is 5.56 Å². The second kappa shape index (κ2) is 6.62. The van der Waals surface area contributed by atoms with Crippen molar-refractivity contribution < 1.29 is 15.1 Å². The molecule has 0 bridgehead atoms. The van der Waals surface area contributed by atoms with Crippen LogP contribution in [0.25, 0.3) is 0 Å². The van der Waals surface area contributed by atoms with Gasteiger partial charge >= 0.3 is 0 Å². The van der Waals surface area contributed by atoms with Crippen LogP contribution in [0.3, 0.4) is 0 Å². The van der Waals surface area contributed by atoms with Crippen molar-refractivity contribution in [3.63, 3.8) is 0 Å². The first kappa shape index (κ1) is 12.1. The molecule has 0 aliphatic rings. The number of non-ortho nitro benzene ring substituents is 1. The standard InChI is InChI=1S/C7H7NO2.C2H4O2/c1-6-3-2-4-7(5-6)8(9)10;1-2-4-3/h2-5H,1H3;2-3H,1H2. The van der Waals surface area contributed by atoms with Gasteiger partial charge in [-0.25, -0.2) is 5.26 Å². The normalized spacial score (nSPS) is 8.14. The van der Waals surface area contributed by atoms with Crippen molar-refractivity contribution in [2.75, 3.05) is 0 Å². The highest BCUT2D eigenvalue weighted by molar-refractivity contribution is 5.33. The van der Waals surface area contributed by atoms with Crippen molar-refractivity contribution in [1.82, 2.24) is 0 Å². The molecule has 0 saturated heterocycles. The summed E-state index contributed by atoms with van der Waals surface area (Å²) >= 11 is 0. The molecule has 0 aliphatic carbocycles. The van der Waals surface area contributed by atoms with E-state index in [4.69, 9.17) is 5.26 Å². The first-order valence-electron chi connectivity index (χ1n) is 3.74. The smallest absolute Gasteiger partial charge is 0.269 e. The van der Waals surface area contributed by atoms with Crippen LogP contribution in [-0.4, -0.2) is 10.2 Å². The zero-order chi connectivity index (χ0) is 11.0. The molecule has 1 rings (SSSR count). The zero-order valence-electron chi connectivity index (χ0n) is 7.71. The van der Waals surface area contributed by atoms with Crippen LogP contribution in [-0.2, 0) is 4.89 Å². The molecule has 0 heterocycles. The van der Waals surface area contributed by atoms with E-state index in [0.717, 1.165) is 11.8 Å². The second-order valence-corrected chi connectivity index (χ2v) is 2.37. The van der Waals surface area contributed by atoms with Gasteiger partial charge in [-0.05, 0) is 12.5 Å². The lowest BCUT2D eigenvalue weighted by molar-refractivity contribution is -0.384. The average Bonchev–Trinajstić information content (AvgIpc) is 2.18. The molecule has 5 nitrogen and oxygen atoms in total. The minimum atomic E-state index is -0.396. The molecule has 1 aromatic rings. The minimum absolute atomic E-state index is 0.153. The Bertz CT molecular complexity index is 311. The molecule has 0 unspecified atom stereocenters. The first-order chi connectivity index (χ1) is 6.61. The van der Waals surface area contributed by atoms with Crippen molar-refractivity contribution in [3.8, 4) is 0 Å². The van der Waals surface area contributed by atoms with Crippen molar-refractivity contribution in [1.29, 1.82) is 0 Å². The van der Waals surface area contributed by atoms with Crippen LogP contribution >= 0.6 is 0 Å². The third kappa shape index (κ3) is 4.89. The Hall–Kier alpha value is -1.88. The van der Waals surface area contributed by atoms with Crippen LogP contribution < -0.4 is 0 Å². The van der Waals surface area contributed by atoms with Gasteiger partial charge in [0.05, 0.1) is 4.92 Å². The lowest BCUT2D eigenvalue weighted by Crippen LogP contribution is -1.86. The second-order valence-electron chi connectivity index (χ2n) is 2.37. The Morgan fingerprint density at radius 1 is 1.64 bits per heavy atom. The summed E-state index contributed by atoms with van der Waals surface area (Å²) < 4.78 is 0.